The minimum atomic E-state index is -3.94. The third-order valence-electron chi connectivity index (χ3n) is 4.47. The number of para-hydroxylation sites is 1. The Morgan fingerprint density at radius 1 is 0.900 bits per heavy atom. The van der Waals surface area contributed by atoms with Crippen LogP contribution in [-0.4, -0.2) is 20.0 Å². The zero-order valence-electron chi connectivity index (χ0n) is 16.1. The first-order chi connectivity index (χ1) is 14.4. The lowest BCUT2D eigenvalue weighted by molar-refractivity contribution is -0.114. The molecule has 0 spiro atoms. The molecule has 1 aliphatic heterocycles. The Morgan fingerprint density at radius 2 is 1.57 bits per heavy atom. The molecule has 4 rings (SSSR count). The van der Waals surface area contributed by atoms with Gasteiger partial charge in [0.15, 0.2) is 0 Å². The number of anilines is 1. The topological polar surface area (TPSA) is 76.0 Å². The van der Waals surface area contributed by atoms with E-state index in [0.29, 0.717) is 22.5 Å². The molecule has 0 bridgehead atoms. The number of nitrogens with zero attached hydrogens (tertiary/aromatic N) is 2. The fraction of sp³-hybridized carbons (Fsp3) is 0.0435. The summed E-state index contributed by atoms with van der Waals surface area (Å²) in [6.07, 6.45) is 1.67. The quantitative estimate of drug-likeness (QED) is 0.458. The summed E-state index contributed by atoms with van der Waals surface area (Å²) in [5.41, 5.74) is 2.31. The molecule has 0 atom stereocenters. The van der Waals surface area contributed by atoms with Gasteiger partial charge in [0.25, 0.3) is 5.91 Å². The fourth-order valence-corrected chi connectivity index (χ4v) is 3.96. The molecule has 1 aliphatic rings. The summed E-state index contributed by atoms with van der Waals surface area (Å²) in [5.74, 6) is -0.0879. The first-order valence-corrected chi connectivity index (χ1v) is 10.6. The van der Waals surface area contributed by atoms with Crippen molar-refractivity contribution in [1.29, 1.82) is 0 Å². The van der Waals surface area contributed by atoms with Crippen LogP contribution < -0.4 is 9.19 Å². The van der Waals surface area contributed by atoms with Gasteiger partial charge in [0, 0.05) is 0 Å². The molecule has 0 saturated carbocycles. The third kappa shape index (κ3) is 4.01. The lowest BCUT2D eigenvalue weighted by atomic mass is 10.1. The van der Waals surface area contributed by atoms with Crippen molar-refractivity contribution in [3.63, 3.8) is 0 Å². The Morgan fingerprint density at radius 3 is 2.27 bits per heavy atom. The molecule has 0 N–H and O–H groups in total. The van der Waals surface area contributed by atoms with Crippen LogP contribution in [0.15, 0.2) is 100 Å². The highest BCUT2D eigenvalue weighted by Gasteiger charge is 2.28. The molecule has 1 amide bonds. The molecule has 0 aliphatic carbocycles. The Kier molecular flexibility index (Phi) is 5.20. The molecule has 0 fully saturated rings. The van der Waals surface area contributed by atoms with Gasteiger partial charge in [-0.2, -0.15) is 18.5 Å². The molecule has 1 heterocycles. The van der Waals surface area contributed by atoms with Crippen LogP contribution in [0.2, 0.25) is 0 Å². The van der Waals surface area contributed by atoms with Gasteiger partial charge in [0.2, 0.25) is 0 Å². The van der Waals surface area contributed by atoms with Gasteiger partial charge in [-0.1, -0.05) is 48.5 Å². The summed E-state index contributed by atoms with van der Waals surface area (Å²) >= 11 is 0. The standard InChI is InChI=1S/C23H18N2O4S/c1-17-22(23(26)25(24-17)19-10-4-2-5-11-19)16-18-9-8-12-20(15-18)29-30(27,28)21-13-6-3-7-14-21/h2-16H,1H3/b22-16-. The van der Waals surface area contributed by atoms with Crippen LogP contribution in [0.3, 0.4) is 0 Å². The van der Waals surface area contributed by atoms with E-state index in [0.717, 1.165) is 0 Å². The predicted octanol–water partition coefficient (Wildman–Crippen LogP) is 4.26. The molecule has 3 aromatic carbocycles. The van der Waals surface area contributed by atoms with Crippen molar-refractivity contribution in [1.82, 2.24) is 0 Å². The maximum absolute atomic E-state index is 12.8. The number of rotatable bonds is 5. The highest BCUT2D eigenvalue weighted by Crippen LogP contribution is 2.26. The zero-order chi connectivity index (χ0) is 21.1. The highest BCUT2D eigenvalue weighted by molar-refractivity contribution is 7.87. The second-order valence-electron chi connectivity index (χ2n) is 6.62. The summed E-state index contributed by atoms with van der Waals surface area (Å²) in [6, 6.07) is 23.6. The summed E-state index contributed by atoms with van der Waals surface area (Å²) < 4.78 is 30.1. The average molecular weight is 418 g/mol. The van der Waals surface area contributed by atoms with E-state index in [9.17, 15) is 13.2 Å². The first-order valence-electron chi connectivity index (χ1n) is 9.20. The number of hydrogen-bond acceptors (Lipinski definition) is 5. The zero-order valence-corrected chi connectivity index (χ0v) is 16.9. The van der Waals surface area contributed by atoms with Gasteiger partial charge in [-0.3, -0.25) is 4.79 Å². The van der Waals surface area contributed by atoms with Crippen LogP contribution in [0.1, 0.15) is 12.5 Å². The Balaban J connectivity index is 1.60. The Labute approximate surface area is 174 Å². The molecule has 0 aromatic heterocycles. The van der Waals surface area contributed by atoms with E-state index in [-0.39, 0.29) is 16.6 Å². The van der Waals surface area contributed by atoms with Crippen molar-refractivity contribution in [2.45, 2.75) is 11.8 Å². The Hall–Kier alpha value is -3.71. The van der Waals surface area contributed by atoms with Gasteiger partial charge in [-0.25, -0.2) is 0 Å². The predicted molar refractivity (Wildman–Crippen MR) is 116 cm³/mol. The summed E-state index contributed by atoms with van der Waals surface area (Å²) in [7, 11) is -3.94. The van der Waals surface area contributed by atoms with Crippen LogP contribution >= 0.6 is 0 Å². The second-order valence-corrected chi connectivity index (χ2v) is 8.17. The molecule has 7 heteroatoms. The molecule has 0 radical (unpaired) electrons. The molecule has 150 valence electrons. The number of amides is 1. The van der Waals surface area contributed by atoms with Crippen molar-refractivity contribution in [3.8, 4) is 5.75 Å². The van der Waals surface area contributed by atoms with E-state index in [1.165, 1.54) is 17.1 Å². The van der Waals surface area contributed by atoms with E-state index < -0.39 is 10.1 Å². The van der Waals surface area contributed by atoms with E-state index in [1.54, 1.807) is 67.6 Å². The SMILES string of the molecule is CC1=NN(c2ccccc2)C(=O)/C1=C\c1cccc(OS(=O)(=O)c2ccccc2)c1. The highest BCUT2D eigenvalue weighted by atomic mass is 32.2. The van der Waals surface area contributed by atoms with Crippen molar-refractivity contribution in [2.24, 2.45) is 5.10 Å². The summed E-state index contributed by atoms with van der Waals surface area (Å²) in [4.78, 5) is 12.9. The molecule has 6 nitrogen and oxygen atoms in total. The second kappa shape index (κ2) is 7.96. The monoisotopic (exact) mass is 418 g/mol. The minimum Gasteiger partial charge on any atom is -0.379 e. The van der Waals surface area contributed by atoms with Crippen LogP contribution in [0.4, 0.5) is 5.69 Å². The minimum absolute atomic E-state index is 0.0706. The number of benzene rings is 3. The number of carbonyl (C=O) groups is 1. The van der Waals surface area contributed by atoms with Crippen molar-refractivity contribution >= 4 is 33.5 Å². The van der Waals surface area contributed by atoms with Crippen molar-refractivity contribution in [3.05, 3.63) is 96.1 Å². The van der Waals surface area contributed by atoms with Crippen LogP contribution in [0.25, 0.3) is 6.08 Å². The number of hydrogen-bond donors (Lipinski definition) is 0. The molecule has 0 saturated heterocycles. The summed E-state index contributed by atoms with van der Waals surface area (Å²) in [5, 5.41) is 5.69. The van der Waals surface area contributed by atoms with Gasteiger partial charge >= 0.3 is 10.1 Å². The third-order valence-corrected chi connectivity index (χ3v) is 5.73. The van der Waals surface area contributed by atoms with E-state index in [4.69, 9.17) is 4.18 Å². The largest absolute Gasteiger partial charge is 0.379 e. The van der Waals surface area contributed by atoms with Gasteiger partial charge in [-0.15, -0.1) is 0 Å². The lowest BCUT2D eigenvalue weighted by Gasteiger charge is -2.11. The smallest absolute Gasteiger partial charge is 0.339 e. The molecular weight excluding hydrogens is 400 g/mol. The number of hydrazone groups is 1. The van der Waals surface area contributed by atoms with E-state index in [1.807, 2.05) is 18.2 Å². The summed E-state index contributed by atoms with van der Waals surface area (Å²) in [6.45, 7) is 1.76. The van der Waals surface area contributed by atoms with Crippen LogP contribution in [-0.2, 0) is 14.9 Å². The fourth-order valence-electron chi connectivity index (χ4n) is 3.01. The van der Waals surface area contributed by atoms with Gasteiger partial charge in [0.05, 0.1) is 17.0 Å². The van der Waals surface area contributed by atoms with Gasteiger partial charge in [-0.05, 0) is 55.0 Å². The van der Waals surface area contributed by atoms with Gasteiger partial charge in [0.1, 0.15) is 10.6 Å². The molecule has 0 unspecified atom stereocenters. The van der Waals surface area contributed by atoms with Gasteiger partial charge < -0.3 is 4.18 Å². The maximum Gasteiger partial charge on any atom is 0.339 e. The normalized spacial score (nSPS) is 15.4. The maximum atomic E-state index is 12.8. The molecular formula is C23H18N2O4S. The lowest BCUT2D eigenvalue weighted by Crippen LogP contribution is -2.21. The van der Waals surface area contributed by atoms with E-state index in [2.05, 4.69) is 5.10 Å². The van der Waals surface area contributed by atoms with Crippen LogP contribution in [0, 0.1) is 0 Å². The van der Waals surface area contributed by atoms with Crippen molar-refractivity contribution < 1.29 is 17.4 Å². The molecule has 3 aromatic rings. The van der Waals surface area contributed by atoms with E-state index >= 15 is 0 Å². The van der Waals surface area contributed by atoms with Crippen LogP contribution in [0.5, 0.6) is 5.75 Å². The average Bonchev–Trinajstić information content (AvgIpc) is 3.03. The molecule has 30 heavy (non-hydrogen) atoms. The van der Waals surface area contributed by atoms with Crippen molar-refractivity contribution in [2.75, 3.05) is 5.01 Å². The Bertz CT molecular complexity index is 1250. The first kappa shape index (κ1) is 19.6. The number of carbonyl (C=O) groups excluding carboxylic acids is 1.